The van der Waals surface area contributed by atoms with Crippen molar-refractivity contribution in [2.24, 2.45) is 5.92 Å². The predicted molar refractivity (Wildman–Crippen MR) is 128 cm³/mol. The molecule has 4 aromatic rings. The van der Waals surface area contributed by atoms with Crippen molar-refractivity contribution in [2.45, 2.75) is 18.6 Å². The third kappa shape index (κ3) is 5.12. The molecule has 0 radical (unpaired) electrons. The highest BCUT2D eigenvalue weighted by Crippen LogP contribution is 2.54. The molecule has 1 aliphatic rings. The van der Waals surface area contributed by atoms with Crippen LogP contribution < -0.4 is 9.47 Å². The summed E-state index contributed by atoms with van der Waals surface area (Å²) in [4.78, 5) is 8.24. The van der Waals surface area contributed by atoms with E-state index in [-0.39, 0.29) is 33.6 Å². The van der Waals surface area contributed by atoms with Crippen LogP contribution in [0.2, 0.25) is 0 Å². The number of aromatic nitrogens is 2. The number of rotatable bonds is 5. The van der Waals surface area contributed by atoms with Crippen LogP contribution in [-0.4, -0.2) is 22.7 Å². The molecule has 200 valence electrons. The molecule has 0 aliphatic heterocycles. The van der Waals surface area contributed by atoms with Crippen molar-refractivity contribution in [1.82, 2.24) is 9.97 Å². The first-order valence-corrected chi connectivity index (χ1v) is 11.5. The van der Waals surface area contributed by atoms with Gasteiger partial charge in [0.25, 0.3) is 0 Å². The highest BCUT2D eigenvalue weighted by molar-refractivity contribution is 5.89. The average Bonchev–Trinajstić information content (AvgIpc) is 3.20. The molecule has 1 aliphatic carbocycles. The predicted octanol–water partition coefficient (Wildman–Crippen LogP) is 7.38. The molecule has 2 aromatic carbocycles. The van der Waals surface area contributed by atoms with Gasteiger partial charge in [-0.15, -0.1) is 26.3 Å². The Hall–Kier alpha value is -5.10. The molecule has 0 saturated carbocycles. The highest BCUT2D eigenvalue weighted by atomic mass is 19.4. The highest BCUT2D eigenvalue weighted by Gasteiger charge is 2.41. The van der Waals surface area contributed by atoms with Crippen molar-refractivity contribution in [3.63, 3.8) is 0 Å². The Balaban J connectivity index is 1.83. The number of nitriles is 2. The molecule has 0 spiro atoms. The van der Waals surface area contributed by atoms with Gasteiger partial charge in [0.1, 0.15) is 17.4 Å². The van der Waals surface area contributed by atoms with Gasteiger partial charge in [0.15, 0.2) is 0 Å². The topological polar surface area (TPSA) is 91.8 Å². The maximum absolute atomic E-state index is 13.4. The fraction of sp³-hybridized carbons (Fsp3) is 0.143. The summed E-state index contributed by atoms with van der Waals surface area (Å²) in [6.45, 7) is 0. The van der Waals surface area contributed by atoms with Crippen molar-refractivity contribution in [1.29, 1.82) is 10.5 Å². The third-order valence-corrected chi connectivity index (χ3v) is 6.21. The zero-order chi connectivity index (χ0) is 28.7. The summed E-state index contributed by atoms with van der Waals surface area (Å²) in [6.07, 6.45) is -7.44. The second kappa shape index (κ2) is 9.89. The number of halogens is 6. The Morgan fingerprint density at radius 3 is 1.40 bits per heavy atom. The monoisotopic (exact) mass is 552 g/mol. The molecule has 12 heteroatoms. The van der Waals surface area contributed by atoms with E-state index in [1.54, 1.807) is 36.4 Å². The Morgan fingerprint density at radius 2 is 1.07 bits per heavy atom. The van der Waals surface area contributed by atoms with Crippen molar-refractivity contribution in [2.75, 3.05) is 0 Å². The van der Waals surface area contributed by atoms with Gasteiger partial charge in [0.2, 0.25) is 0 Å². The maximum atomic E-state index is 13.4. The van der Waals surface area contributed by atoms with Gasteiger partial charge in [0.05, 0.1) is 23.5 Å². The summed E-state index contributed by atoms with van der Waals surface area (Å²) >= 11 is 0. The Labute approximate surface area is 222 Å². The van der Waals surface area contributed by atoms with Crippen LogP contribution in [0.5, 0.6) is 11.5 Å². The van der Waals surface area contributed by atoms with Crippen molar-refractivity contribution in [3.05, 3.63) is 84.2 Å². The summed E-state index contributed by atoms with van der Waals surface area (Å²) in [5.74, 6) is -3.95. The zero-order valence-corrected chi connectivity index (χ0v) is 20.0. The van der Waals surface area contributed by atoms with E-state index < -0.39 is 36.1 Å². The van der Waals surface area contributed by atoms with Crippen LogP contribution in [-0.2, 0) is 0 Å². The van der Waals surface area contributed by atoms with Gasteiger partial charge >= 0.3 is 12.7 Å². The van der Waals surface area contributed by atoms with Gasteiger partial charge in [-0.1, -0.05) is 12.1 Å². The van der Waals surface area contributed by atoms with Crippen molar-refractivity contribution < 1.29 is 35.8 Å². The Morgan fingerprint density at radius 1 is 0.650 bits per heavy atom. The number of nitrogens with zero attached hydrogens (tertiary/aromatic N) is 4. The van der Waals surface area contributed by atoms with Gasteiger partial charge in [-0.25, -0.2) is 0 Å². The lowest BCUT2D eigenvalue weighted by molar-refractivity contribution is -0.275. The molecule has 0 unspecified atom stereocenters. The largest absolute Gasteiger partial charge is 0.573 e. The third-order valence-electron chi connectivity index (χ3n) is 6.21. The number of benzene rings is 2. The van der Waals surface area contributed by atoms with Crippen LogP contribution in [0, 0.1) is 28.6 Å². The first-order valence-electron chi connectivity index (χ1n) is 11.5. The van der Waals surface area contributed by atoms with Gasteiger partial charge in [0, 0.05) is 29.4 Å². The first kappa shape index (κ1) is 26.5. The van der Waals surface area contributed by atoms with E-state index in [1.807, 2.05) is 0 Å². The lowest BCUT2D eigenvalue weighted by atomic mass is 9.85. The molecule has 5 rings (SSSR count). The smallest absolute Gasteiger partial charge is 0.405 e. The molecule has 2 heterocycles. The van der Waals surface area contributed by atoms with Crippen molar-refractivity contribution >= 4 is 0 Å². The van der Waals surface area contributed by atoms with E-state index in [0.29, 0.717) is 11.1 Å². The summed E-state index contributed by atoms with van der Waals surface area (Å²) in [5.41, 5.74) is 0.939. The molecule has 2 aromatic heterocycles. The second-order valence-corrected chi connectivity index (χ2v) is 8.61. The lowest BCUT2D eigenvalue weighted by Gasteiger charge is -2.19. The maximum Gasteiger partial charge on any atom is 0.573 e. The van der Waals surface area contributed by atoms with Crippen LogP contribution in [0.4, 0.5) is 26.3 Å². The molecular formula is C28H14F6N4O2. The summed E-state index contributed by atoms with van der Waals surface area (Å²) in [7, 11) is 0. The van der Waals surface area contributed by atoms with E-state index in [0.717, 1.165) is 12.1 Å². The van der Waals surface area contributed by atoms with E-state index in [1.165, 1.54) is 36.7 Å². The van der Waals surface area contributed by atoms with Gasteiger partial charge in [-0.2, -0.15) is 10.5 Å². The lowest BCUT2D eigenvalue weighted by Crippen LogP contribution is -2.18. The molecule has 0 amide bonds. The summed E-state index contributed by atoms with van der Waals surface area (Å²) in [5, 5.41) is 19.4. The minimum Gasteiger partial charge on any atom is -0.405 e. The standard InChI is InChI=1S/C28H14F6N4O2/c29-27(30,31)39-24-11-18-16(9-20(24)22-5-1-3-7-37-22)17-10-21(23-6-2-4-8-38-23)25(40-28(32,33)34)12-19(17)26(18)15(13-35)14-36/h1-12,15,26H. The quantitative estimate of drug-likeness (QED) is 0.240. The zero-order valence-electron chi connectivity index (χ0n) is 20.0. The van der Waals surface area contributed by atoms with Crippen LogP contribution in [0.3, 0.4) is 0 Å². The number of hydrogen-bond acceptors (Lipinski definition) is 6. The summed E-state index contributed by atoms with van der Waals surface area (Å²) in [6, 6.07) is 17.6. The van der Waals surface area contributed by atoms with E-state index in [2.05, 4.69) is 19.4 Å². The van der Waals surface area contributed by atoms with Gasteiger partial charge in [-0.05, 0) is 70.8 Å². The molecule has 0 saturated heterocycles. The number of hydrogen-bond donors (Lipinski definition) is 0. The second-order valence-electron chi connectivity index (χ2n) is 8.61. The molecule has 0 bridgehead atoms. The molecule has 0 fully saturated rings. The minimum absolute atomic E-state index is 0.0521. The number of fused-ring (bicyclic) bond motifs is 3. The van der Waals surface area contributed by atoms with Gasteiger partial charge in [-0.3, -0.25) is 9.97 Å². The Bertz CT molecular complexity index is 1540. The van der Waals surface area contributed by atoms with E-state index in [4.69, 9.17) is 0 Å². The number of alkyl halides is 6. The molecule has 6 nitrogen and oxygen atoms in total. The van der Waals surface area contributed by atoms with Crippen molar-refractivity contribution in [3.8, 4) is 57.3 Å². The van der Waals surface area contributed by atoms with Crippen LogP contribution in [0.1, 0.15) is 17.0 Å². The van der Waals surface area contributed by atoms with E-state index in [9.17, 15) is 36.9 Å². The van der Waals surface area contributed by atoms with Gasteiger partial charge < -0.3 is 9.47 Å². The first-order chi connectivity index (χ1) is 19.0. The van der Waals surface area contributed by atoms with E-state index >= 15 is 0 Å². The molecule has 0 atom stereocenters. The SMILES string of the molecule is N#CC(C#N)C1c2cc(OC(F)(F)F)c(-c3ccccn3)cc2-c2cc(-c3ccccn3)c(OC(F)(F)F)cc21. The minimum atomic E-state index is -5.09. The average molecular weight is 552 g/mol. The van der Waals surface area contributed by atoms with Crippen LogP contribution in [0.25, 0.3) is 33.6 Å². The number of pyridine rings is 2. The molecule has 0 N–H and O–H groups in total. The van der Waals surface area contributed by atoms with Crippen LogP contribution in [0.15, 0.2) is 73.1 Å². The fourth-order valence-corrected chi connectivity index (χ4v) is 4.74. The van der Waals surface area contributed by atoms with Crippen LogP contribution >= 0.6 is 0 Å². The fourth-order valence-electron chi connectivity index (χ4n) is 4.74. The molecule has 40 heavy (non-hydrogen) atoms. The molecular weight excluding hydrogens is 538 g/mol. The normalized spacial score (nSPS) is 12.8. The summed E-state index contributed by atoms with van der Waals surface area (Å²) < 4.78 is 89.1. The number of ether oxygens (including phenoxy) is 2. The Kier molecular flexibility index (Phi) is 6.56.